The van der Waals surface area contributed by atoms with Gasteiger partial charge in [0.1, 0.15) is 0 Å². The molecule has 2 aliphatic carbocycles. The largest absolute Gasteiger partial charge is 0.379 e. The molecule has 1 fully saturated rings. The number of hydrogen-bond acceptors (Lipinski definition) is 1. The molecule has 23 heavy (non-hydrogen) atoms. The first-order valence-corrected chi connectivity index (χ1v) is 8.94. The Bertz CT molecular complexity index is 501. The van der Waals surface area contributed by atoms with Gasteiger partial charge >= 0.3 is 6.11 Å². The van der Waals surface area contributed by atoms with Gasteiger partial charge in [-0.2, -0.15) is 8.78 Å². The first-order valence-electron chi connectivity index (χ1n) is 8.94. The molecule has 0 aromatic carbocycles. The molecule has 0 bridgehead atoms. The quantitative estimate of drug-likeness (QED) is 0.551. The first kappa shape index (κ1) is 17.1. The maximum absolute atomic E-state index is 13.8. The molecule has 1 aliphatic heterocycles. The summed E-state index contributed by atoms with van der Waals surface area (Å²) in [7, 11) is 0. The highest BCUT2D eigenvalue weighted by molar-refractivity contribution is 5.11. The monoisotopic (exact) mass is 328 g/mol. The second kappa shape index (κ2) is 6.62. The van der Waals surface area contributed by atoms with Gasteiger partial charge in [0.2, 0.25) is 0 Å². The lowest BCUT2D eigenvalue weighted by Crippen LogP contribution is -2.39. The SMILES string of the molecule is CC1=CCC(C2CCC(C3CCC(C)=C(F)C3)CC2)OC1(F)F. The van der Waals surface area contributed by atoms with E-state index in [0.717, 1.165) is 44.1 Å². The highest BCUT2D eigenvalue weighted by Gasteiger charge is 2.42. The van der Waals surface area contributed by atoms with Crippen LogP contribution in [0.15, 0.2) is 23.0 Å². The summed E-state index contributed by atoms with van der Waals surface area (Å²) >= 11 is 0. The van der Waals surface area contributed by atoms with Crippen molar-refractivity contribution in [2.75, 3.05) is 0 Å². The van der Waals surface area contributed by atoms with Crippen LogP contribution in [0.2, 0.25) is 0 Å². The molecule has 0 spiro atoms. The zero-order valence-electron chi connectivity index (χ0n) is 14.1. The second-order valence-corrected chi connectivity index (χ2v) is 7.66. The number of allylic oxidation sites excluding steroid dienone is 2. The molecule has 3 aliphatic rings. The highest BCUT2D eigenvalue weighted by Crippen LogP contribution is 2.45. The van der Waals surface area contributed by atoms with Crippen molar-refractivity contribution >= 4 is 0 Å². The van der Waals surface area contributed by atoms with Crippen LogP contribution < -0.4 is 0 Å². The van der Waals surface area contributed by atoms with Crippen LogP contribution >= 0.6 is 0 Å². The van der Waals surface area contributed by atoms with Gasteiger partial charge in [0.15, 0.2) is 0 Å². The molecular formula is C19H27F3O. The lowest BCUT2D eigenvalue weighted by atomic mass is 9.70. The molecule has 1 nitrogen and oxygen atoms in total. The number of alkyl halides is 2. The molecule has 0 aromatic rings. The number of ether oxygens (including phenoxy) is 1. The summed E-state index contributed by atoms with van der Waals surface area (Å²) in [5.74, 6) is 1.29. The Morgan fingerprint density at radius 3 is 2.26 bits per heavy atom. The number of rotatable bonds is 2. The van der Waals surface area contributed by atoms with Gasteiger partial charge in [-0.3, -0.25) is 0 Å². The van der Waals surface area contributed by atoms with E-state index in [1.54, 1.807) is 6.08 Å². The van der Waals surface area contributed by atoms with Crippen LogP contribution in [0.5, 0.6) is 0 Å². The van der Waals surface area contributed by atoms with E-state index in [2.05, 4.69) is 0 Å². The third kappa shape index (κ3) is 3.67. The minimum Gasteiger partial charge on any atom is -0.313 e. The summed E-state index contributed by atoms with van der Waals surface area (Å²) in [6, 6.07) is 0. The van der Waals surface area contributed by atoms with Gasteiger partial charge in [0.05, 0.1) is 11.9 Å². The topological polar surface area (TPSA) is 9.23 Å². The summed E-state index contributed by atoms with van der Waals surface area (Å²) in [4.78, 5) is 0. The molecule has 0 saturated heterocycles. The molecule has 2 atom stereocenters. The van der Waals surface area contributed by atoms with Crippen molar-refractivity contribution in [1.29, 1.82) is 0 Å². The third-order valence-electron chi connectivity index (χ3n) is 6.22. The molecule has 4 heteroatoms. The van der Waals surface area contributed by atoms with Crippen LogP contribution in [0.3, 0.4) is 0 Å². The third-order valence-corrected chi connectivity index (χ3v) is 6.22. The predicted molar refractivity (Wildman–Crippen MR) is 84.8 cm³/mol. The average molecular weight is 328 g/mol. The molecule has 0 radical (unpaired) electrons. The zero-order valence-corrected chi connectivity index (χ0v) is 14.1. The smallest absolute Gasteiger partial charge is 0.313 e. The standard InChI is InChI=1S/C19H27F3O/c1-12-3-5-16(11-17(12)20)14-6-8-15(9-7-14)18-10-4-13(2)19(21,22)23-18/h4,14-16,18H,3,5-11H2,1-2H3. The van der Waals surface area contributed by atoms with E-state index in [4.69, 9.17) is 4.74 Å². The maximum Gasteiger partial charge on any atom is 0.379 e. The van der Waals surface area contributed by atoms with E-state index < -0.39 is 6.11 Å². The van der Waals surface area contributed by atoms with Crippen molar-refractivity contribution in [2.45, 2.75) is 77.4 Å². The Morgan fingerprint density at radius 2 is 1.65 bits per heavy atom. The molecule has 0 amide bonds. The zero-order chi connectivity index (χ0) is 16.6. The van der Waals surface area contributed by atoms with E-state index in [9.17, 15) is 13.2 Å². The molecule has 0 aromatic heterocycles. The fourth-order valence-corrected chi connectivity index (χ4v) is 4.47. The van der Waals surface area contributed by atoms with Gasteiger partial charge in [0.25, 0.3) is 0 Å². The molecule has 1 heterocycles. The number of halogens is 3. The lowest BCUT2D eigenvalue weighted by Gasteiger charge is -2.40. The molecule has 2 unspecified atom stereocenters. The van der Waals surface area contributed by atoms with Gasteiger partial charge in [-0.1, -0.05) is 6.08 Å². The van der Waals surface area contributed by atoms with Crippen LogP contribution in [0.4, 0.5) is 13.2 Å². The van der Waals surface area contributed by atoms with Crippen LogP contribution in [-0.2, 0) is 4.74 Å². The Morgan fingerprint density at radius 1 is 1.00 bits per heavy atom. The second-order valence-electron chi connectivity index (χ2n) is 7.66. The van der Waals surface area contributed by atoms with Crippen molar-refractivity contribution in [2.24, 2.45) is 17.8 Å². The summed E-state index contributed by atoms with van der Waals surface area (Å²) in [6.45, 7) is 3.32. The van der Waals surface area contributed by atoms with Gasteiger partial charge in [0, 0.05) is 12.0 Å². The van der Waals surface area contributed by atoms with Crippen molar-refractivity contribution in [3.8, 4) is 0 Å². The molecular weight excluding hydrogens is 301 g/mol. The van der Waals surface area contributed by atoms with Gasteiger partial charge < -0.3 is 4.74 Å². The molecule has 130 valence electrons. The van der Waals surface area contributed by atoms with E-state index in [-0.39, 0.29) is 23.4 Å². The van der Waals surface area contributed by atoms with Crippen LogP contribution in [0, 0.1) is 17.8 Å². The first-order chi connectivity index (χ1) is 10.9. The fourth-order valence-electron chi connectivity index (χ4n) is 4.47. The van der Waals surface area contributed by atoms with Crippen molar-refractivity contribution in [1.82, 2.24) is 0 Å². The Kier molecular flexibility index (Phi) is 4.91. The molecule has 3 rings (SSSR count). The summed E-state index contributed by atoms with van der Waals surface area (Å²) in [5.41, 5.74) is 0.942. The van der Waals surface area contributed by atoms with E-state index in [0.29, 0.717) is 24.7 Å². The summed E-state index contributed by atoms with van der Waals surface area (Å²) in [5, 5.41) is 0. The van der Waals surface area contributed by atoms with Crippen LogP contribution in [-0.4, -0.2) is 12.2 Å². The number of hydrogen-bond donors (Lipinski definition) is 0. The Balaban J connectivity index is 1.53. The fraction of sp³-hybridized carbons (Fsp3) is 0.789. The van der Waals surface area contributed by atoms with Crippen molar-refractivity contribution < 1.29 is 17.9 Å². The summed E-state index contributed by atoms with van der Waals surface area (Å²) < 4.78 is 46.3. The average Bonchev–Trinajstić information content (AvgIpc) is 2.53. The predicted octanol–water partition coefficient (Wildman–Crippen LogP) is 6.16. The normalized spacial score (nSPS) is 38.4. The highest BCUT2D eigenvalue weighted by atomic mass is 19.3. The van der Waals surface area contributed by atoms with Crippen molar-refractivity contribution in [3.05, 3.63) is 23.0 Å². The van der Waals surface area contributed by atoms with Gasteiger partial charge in [-0.25, -0.2) is 4.39 Å². The minimum absolute atomic E-state index is 0.0299. The summed E-state index contributed by atoms with van der Waals surface area (Å²) in [6.07, 6.45) is 5.20. The molecule has 0 N–H and O–H groups in total. The van der Waals surface area contributed by atoms with Gasteiger partial charge in [-0.05, 0) is 82.1 Å². The van der Waals surface area contributed by atoms with Gasteiger partial charge in [-0.15, -0.1) is 0 Å². The van der Waals surface area contributed by atoms with Crippen LogP contribution in [0.25, 0.3) is 0 Å². The molecule has 1 saturated carbocycles. The van der Waals surface area contributed by atoms with E-state index in [1.165, 1.54) is 6.92 Å². The van der Waals surface area contributed by atoms with Crippen LogP contribution in [0.1, 0.15) is 65.2 Å². The van der Waals surface area contributed by atoms with E-state index in [1.807, 2.05) is 6.92 Å². The minimum atomic E-state index is -3.10. The van der Waals surface area contributed by atoms with Crippen molar-refractivity contribution in [3.63, 3.8) is 0 Å². The lowest BCUT2D eigenvalue weighted by molar-refractivity contribution is -0.253. The van der Waals surface area contributed by atoms with E-state index >= 15 is 0 Å². The Labute approximate surface area is 137 Å². The maximum atomic E-state index is 13.8. The Hall–Kier alpha value is -0.770.